The van der Waals surface area contributed by atoms with Crippen LogP contribution in [-0.4, -0.2) is 61.0 Å². The fourth-order valence-electron chi connectivity index (χ4n) is 3.90. The number of carbonyl (C=O) groups is 1. The van der Waals surface area contributed by atoms with E-state index in [1.807, 2.05) is 0 Å². The van der Waals surface area contributed by atoms with Gasteiger partial charge in [0.15, 0.2) is 0 Å². The van der Waals surface area contributed by atoms with Crippen molar-refractivity contribution in [1.29, 1.82) is 0 Å². The minimum Gasteiger partial charge on any atom is -0.341 e. The third-order valence-corrected chi connectivity index (χ3v) is 5.22. The molecule has 0 saturated carbocycles. The standard InChI is InChI=1S/C15H27N3O/c1-12-9-16-10-14(12)15(19)18-8-5-13(11-18)17-6-3-2-4-7-17/h12-14,16H,2-11H2,1H3. The van der Waals surface area contributed by atoms with Gasteiger partial charge in [0.25, 0.3) is 0 Å². The summed E-state index contributed by atoms with van der Waals surface area (Å²) in [6.07, 6.45) is 5.25. The van der Waals surface area contributed by atoms with Gasteiger partial charge < -0.3 is 10.2 Å². The molecular weight excluding hydrogens is 238 g/mol. The van der Waals surface area contributed by atoms with E-state index < -0.39 is 0 Å². The number of piperidine rings is 1. The molecule has 3 atom stereocenters. The molecule has 3 aliphatic rings. The summed E-state index contributed by atoms with van der Waals surface area (Å²) in [4.78, 5) is 17.3. The molecule has 1 amide bonds. The van der Waals surface area contributed by atoms with Gasteiger partial charge in [-0.2, -0.15) is 0 Å². The zero-order valence-electron chi connectivity index (χ0n) is 12.1. The molecular formula is C15H27N3O. The summed E-state index contributed by atoms with van der Waals surface area (Å²) >= 11 is 0. The highest BCUT2D eigenvalue weighted by Gasteiger charge is 2.37. The Morgan fingerprint density at radius 2 is 1.89 bits per heavy atom. The summed E-state index contributed by atoms with van der Waals surface area (Å²) in [5.74, 6) is 1.12. The molecule has 19 heavy (non-hydrogen) atoms. The van der Waals surface area contributed by atoms with Crippen molar-refractivity contribution in [3.63, 3.8) is 0 Å². The van der Waals surface area contributed by atoms with Crippen LogP contribution < -0.4 is 5.32 Å². The molecule has 0 radical (unpaired) electrons. The molecule has 0 aromatic heterocycles. The van der Waals surface area contributed by atoms with Gasteiger partial charge in [0.1, 0.15) is 0 Å². The predicted octanol–water partition coefficient (Wildman–Crippen LogP) is 0.929. The first-order valence-corrected chi connectivity index (χ1v) is 7.99. The first-order valence-electron chi connectivity index (χ1n) is 7.99. The Labute approximate surface area is 116 Å². The largest absolute Gasteiger partial charge is 0.341 e. The van der Waals surface area contributed by atoms with Crippen molar-refractivity contribution >= 4 is 5.91 Å². The molecule has 0 aliphatic carbocycles. The van der Waals surface area contributed by atoms with Gasteiger partial charge in [-0.05, 0) is 44.8 Å². The van der Waals surface area contributed by atoms with E-state index in [-0.39, 0.29) is 5.92 Å². The van der Waals surface area contributed by atoms with E-state index in [2.05, 4.69) is 22.0 Å². The number of nitrogens with one attached hydrogen (secondary N) is 1. The van der Waals surface area contributed by atoms with Gasteiger partial charge in [-0.25, -0.2) is 0 Å². The maximum Gasteiger partial charge on any atom is 0.227 e. The summed E-state index contributed by atoms with van der Waals surface area (Å²) in [5, 5.41) is 3.34. The van der Waals surface area contributed by atoms with Gasteiger partial charge in [0.2, 0.25) is 5.91 Å². The quantitative estimate of drug-likeness (QED) is 0.807. The highest BCUT2D eigenvalue weighted by Crippen LogP contribution is 2.24. The second-order valence-electron chi connectivity index (χ2n) is 6.57. The van der Waals surface area contributed by atoms with Crippen molar-refractivity contribution in [2.24, 2.45) is 11.8 Å². The van der Waals surface area contributed by atoms with Crippen LogP contribution >= 0.6 is 0 Å². The van der Waals surface area contributed by atoms with E-state index in [1.54, 1.807) is 0 Å². The lowest BCUT2D eigenvalue weighted by atomic mass is 9.97. The van der Waals surface area contributed by atoms with Crippen LogP contribution in [-0.2, 0) is 4.79 Å². The molecule has 0 bridgehead atoms. The Morgan fingerprint density at radius 1 is 1.11 bits per heavy atom. The number of carbonyl (C=O) groups excluding carboxylic acids is 1. The molecule has 0 aromatic carbocycles. The van der Waals surface area contributed by atoms with E-state index in [0.29, 0.717) is 17.9 Å². The number of likely N-dealkylation sites (tertiary alicyclic amines) is 2. The minimum absolute atomic E-state index is 0.222. The summed E-state index contributed by atoms with van der Waals surface area (Å²) in [7, 11) is 0. The highest BCUT2D eigenvalue weighted by atomic mass is 16.2. The molecule has 3 rings (SSSR count). The van der Waals surface area contributed by atoms with E-state index in [4.69, 9.17) is 0 Å². The summed E-state index contributed by atoms with van der Waals surface area (Å²) in [5.41, 5.74) is 0. The molecule has 1 N–H and O–H groups in total. The fourth-order valence-corrected chi connectivity index (χ4v) is 3.90. The molecule has 3 heterocycles. The lowest BCUT2D eigenvalue weighted by molar-refractivity contribution is -0.135. The molecule has 108 valence electrons. The normalized spacial score (nSPS) is 36.9. The van der Waals surface area contributed by atoms with Gasteiger partial charge in [-0.1, -0.05) is 13.3 Å². The van der Waals surface area contributed by atoms with Crippen molar-refractivity contribution < 1.29 is 4.79 Å². The Balaban J connectivity index is 1.54. The third kappa shape index (κ3) is 2.79. The average molecular weight is 265 g/mol. The van der Waals surface area contributed by atoms with Gasteiger partial charge in [0, 0.05) is 25.7 Å². The fraction of sp³-hybridized carbons (Fsp3) is 0.933. The Bertz CT molecular complexity index is 327. The van der Waals surface area contributed by atoms with Crippen molar-refractivity contribution in [2.45, 2.75) is 38.6 Å². The smallest absolute Gasteiger partial charge is 0.227 e. The first kappa shape index (κ1) is 13.4. The van der Waals surface area contributed by atoms with Crippen LogP contribution in [0.25, 0.3) is 0 Å². The van der Waals surface area contributed by atoms with Crippen LogP contribution in [0.4, 0.5) is 0 Å². The Morgan fingerprint density at radius 3 is 2.58 bits per heavy atom. The Kier molecular flexibility index (Phi) is 4.08. The van der Waals surface area contributed by atoms with Crippen molar-refractivity contribution in [3.05, 3.63) is 0 Å². The van der Waals surface area contributed by atoms with E-state index in [0.717, 1.165) is 26.2 Å². The number of hydrogen-bond acceptors (Lipinski definition) is 3. The zero-order valence-corrected chi connectivity index (χ0v) is 12.1. The van der Waals surface area contributed by atoms with E-state index >= 15 is 0 Å². The van der Waals surface area contributed by atoms with Gasteiger partial charge >= 0.3 is 0 Å². The molecule has 4 nitrogen and oxygen atoms in total. The maximum absolute atomic E-state index is 12.6. The van der Waals surface area contributed by atoms with Crippen LogP contribution in [0.2, 0.25) is 0 Å². The van der Waals surface area contributed by atoms with Crippen LogP contribution in [0.15, 0.2) is 0 Å². The topological polar surface area (TPSA) is 35.6 Å². The molecule has 3 unspecified atom stereocenters. The first-order chi connectivity index (χ1) is 9.25. The van der Waals surface area contributed by atoms with Gasteiger partial charge in [-0.3, -0.25) is 9.69 Å². The van der Waals surface area contributed by atoms with Crippen molar-refractivity contribution in [1.82, 2.24) is 15.1 Å². The maximum atomic E-state index is 12.6. The van der Waals surface area contributed by atoms with Gasteiger partial charge in [-0.15, -0.1) is 0 Å². The molecule has 0 spiro atoms. The van der Waals surface area contributed by atoms with Gasteiger partial charge in [0.05, 0.1) is 5.92 Å². The number of amides is 1. The van der Waals surface area contributed by atoms with Crippen LogP contribution in [0, 0.1) is 11.8 Å². The number of rotatable bonds is 2. The third-order valence-electron chi connectivity index (χ3n) is 5.22. The number of hydrogen-bond donors (Lipinski definition) is 1. The molecule has 3 saturated heterocycles. The van der Waals surface area contributed by atoms with E-state index in [1.165, 1.54) is 38.8 Å². The molecule has 3 fully saturated rings. The average Bonchev–Trinajstić information content (AvgIpc) is 3.08. The van der Waals surface area contributed by atoms with Crippen LogP contribution in [0.3, 0.4) is 0 Å². The summed E-state index contributed by atoms with van der Waals surface area (Å²) in [6, 6.07) is 0.633. The summed E-state index contributed by atoms with van der Waals surface area (Å²) in [6.45, 7) is 8.51. The lowest BCUT2D eigenvalue weighted by Crippen LogP contribution is -2.43. The molecule has 3 aliphatic heterocycles. The van der Waals surface area contributed by atoms with Crippen LogP contribution in [0.1, 0.15) is 32.6 Å². The lowest BCUT2D eigenvalue weighted by Gasteiger charge is -2.32. The molecule has 0 aromatic rings. The molecule has 4 heteroatoms. The van der Waals surface area contributed by atoms with Crippen molar-refractivity contribution in [3.8, 4) is 0 Å². The second kappa shape index (κ2) is 5.80. The Hall–Kier alpha value is -0.610. The zero-order chi connectivity index (χ0) is 13.2. The van der Waals surface area contributed by atoms with Crippen molar-refractivity contribution in [2.75, 3.05) is 39.3 Å². The number of nitrogens with zero attached hydrogens (tertiary/aromatic N) is 2. The van der Waals surface area contributed by atoms with E-state index in [9.17, 15) is 4.79 Å². The SMILES string of the molecule is CC1CNCC1C(=O)N1CCC(N2CCCCC2)C1. The summed E-state index contributed by atoms with van der Waals surface area (Å²) < 4.78 is 0. The minimum atomic E-state index is 0.222. The second-order valence-corrected chi connectivity index (χ2v) is 6.57. The van der Waals surface area contributed by atoms with Crippen LogP contribution in [0.5, 0.6) is 0 Å². The highest BCUT2D eigenvalue weighted by molar-refractivity contribution is 5.80. The monoisotopic (exact) mass is 265 g/mol. The predicted molar refractivity (Wildman–Crippen MR) is 75.9 cm³/mol.